The second-order valence-electron chi connectivity index (χ2n) is 4.01. The van der Waals surface area contributed by atoms with Gasteiger partial charge in [-0.15, -0.1) is 0 Å². The van der Waals surface area contributed by atoms with Gasteiger partial charge in [-0.1, -0.05) is 36.8 Å². The first kappa shape index (κ1) is 12.6. The van der Waals surface area contributed by atoms with Crippen LogP contribution in [0.4, 0.5) is 0 Å². The summed E-state index contributed by atoms with van der Waals surface area (Å²) in [5.74, 6) is 1.31. The predicted octanol–water partition coefficient (Wildman–Crippen LogP) is 1.89. The maximum atomic E-state index is 4.08. The highest BCUT2D eigenvalue weighted by molar-refractivity contribution is 5.79. The van der Waals surface area contributed by atoms with E-state index in [-0.39, 0.29) is 0 Å². The average molecular weight is 219 g/mol. The fourth-order valence-corrected chi connectivity index (χ4v) is 1.54. The summed E-state index contributed by atoms with van der Waals surface area (Å²) in [6.07, 6.45) is 0. The van der Waals surface area contributed by atoms with E-state index in [0.717, 1.165) is 12.5 Å². The monoisotopic (exact) mass is 219 g/mol. The molecule has 0 heterocycles. The molecule has 1 aromatic carbocycles. The summed E-state index contributed by atoms with van der Waals surface area (Å²) in [7, 11) is 3.64. The van der Waals surface area contributed by atoms with Crippen molar-refractivity contribution in [1.82, 2.24) is 10.6 Å². The second kappa shape index (κ2) is 6.16. The molecule has 0 aliphatic heterocycles. The van der Waals surface area contributed by atoms with E-state index in [1.807, 2.05) is 7.05 Å². The van der Waals surface area contributed by atoms with Crippen molar-refractivity contribution in [3.8, 4) is 0 Å². The Morgan fingerprint density at radius 3 is 2.44 bits per heavy atom. The summed E-state index contributed by atoms with van der Waals surface area (Å²) in [5, 5.41) is 6.28. The van der Waals surface area contributed by atoms with Gasteiger partial charge >= 0.3 is 0 Å². The Hall–Kier alpha value is -1.51. The Morgan fingerprint density at radius 1 is 1.31 bits per heavy atom. The van der Waals surface area contributed by atoms with Gasteiger partial charge in [0.25, 0.3) is 0 Å². The van der Waals surface area contributed by atoms with E-state index >= 15 is 0 Å². The van der Waals surface area contributed by atoms with Gasteiger partial charge in [0.1, 0.15) is 0 Å². The number of guanidine groups is 1. The summed E-state index contributed by atoms with van der Waals surface area (Å²) in [6.45, 7) is 5.20. The van der Waals surface area contributed by atoms with Crippen LogP contribution in [0.2, 0.25) is 0 Å². The fourth-order valence-electron chi connectivity index (χ4n) is 1.54. The number of hydrogen-bond acceptors (Lipinski definition) is 1. The Morgan fingerprint density at radius 2 is 1.94 bits per heavy atom. The number of nitrogens with zero attached hydrogens (tertiary/aromatic N) is 1. The van der Waals surface area contributed by atoms with Gasteiger partial charge in [0.2, 0.25) is 0 Å². The van der Waals surface area contributed by atoms with Crippen LogP contribution >= 0.6 is 0 Å². The molecule has 0 aliphatic carbocycles. The summed E-state index contributed by atoms with van der Waals surface area (Å²) < 4.78 is 0. The van der Waals surface area contributed by atoms with Crippen LogP contribution in [-0.2, 0) is 0 Å². The van der Waals surface area contributed by atoms with Crippen LogP contribution in [0.1, 0.15) is 24.0 Å². The van der Waals surface area contributed by atoms with Gasteiger partial charge < -0.3 is 10.6 Å². The lowest BCUT2D eigenvalue weighted by molar-refractivity contribution is 0.708. The number of benzene rings is 1. The summed E-state index contributed by atoms with van der Waals surface area (Å²) in [5.41, 5.74) is 2.65. The highest BCUT2D eigenvalue weighted by Gasteiger charge is 2.05. The molecule has 1 aromatic rings. The van der Waals surface area contributed by atoms with Gasteiger partial charge in [-0.25, -0.2) is 0 Å². The minimum Gasteiger partial charge on any atom is -0.359 e. The molecule has 16 heavy (non-hydrogen) atoms. The third-order valence-electron chi connectivity index (χ3n) is 2.68. The van der Waals surface area contributed by atoms with Crippen LogP contribution in [0.5, 0.6) is 0 Å². The maximum Gasteiger partial charge on any atom is 0.190 e. The molecule has 0 amide bonds. The molecule has 0 bridgehead atoms. The van der Waals surface area contributed by atoms with Crippen molar-refractivity contribution in [2.45, 2.75) is 19.8 Å². The molecule has 0 saturated heterocycles. The number of aliphatic imine (C=N–C) groups is 1. The predicted molar refractivity (Wildman–Crippen MR) is 70.0 cm³/mol. The zero-order valence-corrected chi connectivity index (χ0v) is 10.5. The molecule has 88 valence electrons. The highest BCUT2D eigenvalue weighted by Crippen LogP contribution is 2.14. The van der Waals surface area contributed by atoms with Crippen molar-refractivity contribution in [2.75, 3.05) is 20.6 Å². The molecule has 0 aromatic heterocycles. The van der Waals surface area contributed by atoms with Crippen molar-refractivity contribution in [1.29, 1.82) is 0 Å². The lowest BCUT2D eigenvalue weighted by atomic mass is 10.0. The van der Waals surface area contributed by atoms with Gasteiger partial charge in [-0.3, -0.25) is 4.99 Å². The topological polar surface area (TPSA) is 36.4 Å². The van der Waals surface area contributed by atoms with E-state index in [9.17, 15) is 0 Å². The van der Waals surface area contributed by atoms with Crippen LogP contribution in [0.15, 0.2) is 29.3 Å². The zero-order valence-electron chi connectivity index (χ0n) is 10.5. The van der Waals surface area contributed by atoms with Crippen molar-refractivity contribution in [3.05, 3.63) is 35.4 Å². The van der Waals surface area contributed by atoms with Crippen LogP contribution in [-0.4, -0.2) is 26.6 Å². The SMILES string of the molecule is CN=C(NC)NCC(C)c1ccc(C)cc1. The first-order chi connectivity index (χ1) is 7.67. The van der Waals surface area contributed by atoms with Gasteiger partial charge in [-0.05, 0) is 18.4 Å². The van der Waals surface area contributed by atoms with E-state index in [1.165, 1.54) is 11.1 Å². The molecule has 3 nitrogen and oxygen atoms in total. The smallest absolute Gasteiger partial charge is 0.190 e. The van der Waals surface area contributed by atoms with Gasteiger partial charge in [0.05, 0.1) is 0 Å². The Kier molecular flexibility index (Phi) is 4.83. The average Bonchev–Trinajstić information content (AvgIpc) is 2.31. The number of aryl methyl sites for hydroxylation is 1. The summed E-state index contributed by atoms with van der Waals surface area (Å²) >= 11 is 0. The summed E-state index contributed by atoms with van der Waals surface area (Å²) in [4.78, 5) is 4.08. The van der Waals surface area contributed by atoms with E-state index in [0.29, 0.717) is 5.92 Å². The van der Waals surface area contributed by atoms with Crippen molar-refractivity contribution in [3.63, 3.8) is 0 Å². The largest absolute Gasteiger partial charge is 0.359 e. The van der Waals surface area contributed by atoms with E-state index in [2.05, 4.69) is 53.7 Å². The van der Waals surface area contributed by atoms with Gasteiger partial charge in [-0.2, -0.15) is 0 Å². The van der Waals surface area contributed by atoms with Crippen molar-refractivity contribution >= 4 is 5.96 Å². The molecule has 0 radical (unpaired) electrons. The van der Waals surface area contributed by atoms with Crippen molar-refractivity contribution < 1.29 is 0 Å². The minimum absolute atomic E-state index is 0.477. The molecular weight excluding hydrogens is 198 g/mol. The normalized spacial score (nSPS) is 13.4. The number of hydrogen-bond donors (Lipinski definition) is 2. The quantitative estimate of drug-likeness (QED) is 0.601. The highest BCUT2D eigenvalue weighted by atomic mass is 15.1. The lowest BCUT2D eigenvalue weighted by Crippen LogP contribution is -2.36. The Balaban J connectivity index is 2.52. The maximum absolute atomic E-state index is 4.08. The first-order valence-corrected chi connectivity index (χ1v) is 5.62. The first-order valence-electron chi connectivity index (χ1n) is 5.62. The molecule has 3 heteroatoms. The molecule has 0 spiro atoms. The van der Waals surface area contributed by atoms with Crippen LogP contribution in [0.25, 0.3) is 0 Å². The Bertz CT molecular complexity index is 341. The van der Waals surface area contributed by atoms with Gasteiger partial charge in [0, 0.05) is 20.6 Å². The van der Waals surface area contributed by atoms with Crippen molar-refractivity contribution in [2.24, 2.45) is 4.99 Å². The summed E-state index contributed by atoms with van der Waals surface area (Å²) in [6, 6.07) is 8.67. The second-order valence-corrected chi connectivity index (χ2v) is 4.01. The van der Waals surface area contributed by atoms with Crippen LogP contribution in [0, 0.1) is 6.92 Å². The Labute approximate surface area is 98.0 Å². The minimum atomic E-state index is 0.477. The van der Waals surface area contributed by atoms with E-state index in [1.54, 1.807) is 7.05 Å². The molecule has 1 unspecified atom stereocenters. The van der Waals surface area contributed by atoms with Crippen LogP contribution < -0.4 is 10.6 Å². The molecule has 0 aliphatic rings. The number of nitrogens with one attached hydrogen (secondary N) is 2. The molecule has 0 fully saturated rings. The van der Waals surface area contributed by atoms with Gasteiger partial charge in [0.15, 0.2) is 5.96 Å². The fraction of sp³-hybridized carbons (Fsp3) is 0.462. The van der Waals surface area contributed by atoms with E-state index < -0.39 is 0 Å². The molecule has 2 N–H and O–H groups in total. The van der Waals surface area contributed by atoms with E-state index in [4.69, 9.17) is 0 Å². The zero-order chi connectivity index (χ0) is 12.0. The standard InChI is InChI=1S/C13H21N3/c1-10-5-7-12(8-6-10)11(2)9-16-13(14-3)15-4/h5-8,11H,9H2,1-4H3,(H2,14,15,16). The number of rotatable bonds is 3. The lowest BCUT2D eigenvalue weighted by Gasteiger charge is -2.15. The molecule has 0 saturated carbocycles. The third kappa shape index (κ3) is 3.57. The molecular formula is C13H21N3. The molecule has 1 rings (SSSR count). The third-order valence-corrected chi connectivity index (χ3v) is 2.68. The molecule has 1 atom stereocenters. The van der Waals surface area contributed by atoms with Crippen LogP contribution in [0.3, 0.4) is 0 Å².